The van der Waals surface area contributed by atoms with E-state index < -0.39 is 12.1 Å². The number of halogens is 2. The van der Waals surface area contributed by atoms with Crippen molar-refractivity contribution in [1.82, 2.24) is 0 Å². The fourth-order valence-corrected chi connectivity index (χ4v) is 5.61. The van der Waals surface area contributed by atoms with Crippen LogP contribution in [0.1, 0.15) is 109 Å². The molecule has 0 aromatic heterocycles. The third kappa shape index (κ3) is 11.1. The minimum absolute atomic E-state index is 0.118. The summed E-state index contributed by atoms with van der Waals surface area (Å²) in [5, 5.41) is 0.659. The lowest BCUT2D eigenvalue weighted by Crippen LogP contribution is -2.29. The molecule has 3 nitrogen and oxygen atoms in total. The second-order valence-corrected chi connectivity index (χ2v) is 11.6. The average Bonchev–Trinajstić information content (AvgIpc) is 2.96. The van der Waals surface area contributed by atoms with Crippen molar-refractivity contribution in [3.8, 4) is 16.9 Å². The fraction of sp³-hybridized carbons (Fsp3) is 0.618. The van der Waals surface area contributed by atoms with Crippen molar-refractivity contribution in [2.24, 2.45) is 5.92 Å². The van der Waals surface area contributed by atoms with E-state index in [-0.39, 0.29) is 12.5 Å². The number of aryl methyl sites for hydroxylation is 1. The van der Waals surface area contributed by atoms with Gasteiger partial charge in [-0.2, -0.15) is 0 Å². The molecule has 0 N–H and O–H groups in total. The molecule has 1 saturated carbocycles. The van der Waals surface area contributed by atoms with Crippen LogP contribution in [0.2, 0.25) is 5.02 Å². The summed E-state index contributed by atoms with van der Waals surface area (Å²) >= 11 is 6.53. The average molecular weight is 559 g/mol. The Hall–Kier alpha value is -2.07. The minimum atomic E-state index is -1.47. The molecule has 0 bridgehead atoms. The first-order valence-corrected chi connectivity index (χ1v) is 15.7. The summed E-state index contributed by atoms with van der Waals surface area (Å²) in [5.74, 6) is 0.725. The molecule has 1 atom stereocenters. The molecular formula is C34H48ClFO3. The fourth-order valence-electron chi connectivity index (χ4n) is 5.37. The molecule has 0 amide bonds. The van der Waals surface area contributed by atoms with Crippen LogP contribution in [-0.2, 0) is 16.0 Å². The molecule has 0 radical (unpaired) electrons. The summed E-state index contributed by atoms with van der Waals surface area (Å²) < 4.78 is 25.3. The summed E-state index contributed by atoms with van der Waals surface area (Å²) in [6.07, 6.45) is 13.7. The van der Waals surface area contributed by atoms with Gasteiger partial charge in [-0.15, -0.1) is 0 Å². The van der Waals surface area contributed by atoms with Crippen molar-refractivity contribution in [1.29, 1.82) is 0 Å². The van der Waals surface area contributed by atoms with Crippen LogP contribution in [-0.4, -0.2) is 24.9 Å². The van der Waals surface area contributed by atoms with Crippen LogP contribution in [0.15, 0.2) is 42.5 Å². The number of carbonyl (C=O) groups is 1. The van der Waals surface area contributed by atoms with E-state index in [1.54, 1.807) is 0 Å². The lowest BCUT2D eigenvalue weighted by Gasteiger charge is -2.28. The molecule has 1 fully saturated rings. The molecule has 0 aliphatic heterocycles. The Morgan fingerprint density at radius 3 is 2.26 bits per heavy atom. The van der Waals surface area contributed by atoms with Gasteiger partial charge in [0, 0.05) is 0 Å². The summed E-state index contributed by atoms with van der Waals surface area (Å²) in [4.78, 5) is 12.0. The Kier molecular flexibility index (Phi) is 14.2. The van der Waals surface area contributed by atoms with E-state index in [0.29, 0.717) is 17.5 Å². The van der Waals surface area contributed by atoms with E-state index in [2.05, 4.69) is 37.3 Å². The van der Waals surface area contributed by atoms with Crippen molar-refractivity contribution >= 4 is 17.6 Å². The highest BCUT2D eigenvalue weighted by Gasteiger charge is 2.27. The molecule has 1 aliphatic carbocycles. The maximum atomic E-state index is 13.9. The molecule has 1 aliphatic rings. The van der Waals surface area contributed by atoms with Crippen LogP contribution in [0.3, 0.4) is 0 Å². The van der Waals surface area contributed by atoms with Gasteiger partial charge in [0.05, 0.1) is 11.6 Å². The van der Waals surface area contributed by atoms with Crippen LogP contribution in [0, 0.1) is 5.92 Å². The summed E-state index contributed by atoms with van der Waals surface area (Å²) in [5.41, 5.74) is 3.57. The van der Waals surface area contributed by atoms with Crippen molar-refractivity contribution < 1.29 is 18.7 Å². The largest absolute Gasteiger partial charge is 0.492 e. The molecular weight excluding hydrogens is 511 g/mol. The molecule has 0 spiro atoms. The second kappa shape index (κ2) is 17.6. The van der Waals surface area contributed by atoms with E-state index in [0.717, 1.165) is 74.7 Å². The van der Waals surface area contributed by atoms with Gasteiger partial charge in [0.25, 0.3) is 0 Å². The number of alkyl halides is 1. The van der Waals surface area contributed by atoms with E-state index >= 15 is 0 Å². The first-order chi connectivity index (χ1) is 19.0. The molecule has 216 valence electrons. The van der Waals surface area contributed by atoms with E-state index in [1.807, 2.05) is 19.1 Å². The Labute approximate surface area is 240 Å². The molecule has 2 aromatic rings. The Morgan fingerprint density at radius 2 is 1.56 bits per heavy atom. The van der Waals surface area contributed by atoms with E-state index in [4.69, 9.17) is 21.1 Å². The minimum Gasteiger partial charge on any atom is -0.492 e. The second-order valence-electron chi connectivity index (χ2n) is 11.2. The SMILES string of the molecule is CCCCCCCCOc1ccc(-c2ccc(CCC3CCC(OC(=O)[C@@H](F)CCCC)CC3)cc2)cc1Cl. The first kappa shape index (κ1) is 31.5. The van der Waals surface area contributed by atoms with Gasteiger partial charge in [0.15, 0.2) is 6.17 Å². The molecule has 3 rings (SSSR count). The van der Waals surface area contributed by atoms with Crippen LogP contribution >= 0.6 is 11.6 Å². The van der Waals surface area contributed by atoms with Gasteiger partial charge in [-0.05, 0) is 86.1 Å². The van der Waals surface area contributed by atoms with Gasteiger partial charge >= 0.3 is 5.97 Å². The Morgan fingerprint density at radius 1 is 0.897 bits per heavy atom. The lowest BCUT2D eigenvalue weighted by molar-refractivity contribution is -0.157. The van der Waals surface area contributed by atoms with Gasteiger partial charge < -0.3 is 9.47 Å². The first-order valence-electron chi connectivity index (χ1n) is 15.4. The maximum absolute atomic E-state index is 13.9. The third-order valence-electron chi connectivity index (χ3n) is 7.96. The number of esters is 1. The molecule has 0 heterocycles. The number of carbonyl (C=O) groups excluding carboxylic acids is 1. The topological polar surface area (TPSA) is 35.5 Å². The molecule has 0 unspecified atom stereocenters. The zero-order chi connectivity index (χ0) is 27.9. The highest BCUT2D eigenvalue weighted by Crippen LogP contribution is 2.32. The third-order valence-corrected chi connectivity index (χ3v) is 8.25. The zero-order valence-electron chi connectivity index (χ0n) is 24.1. The predicted molar refractivity (Wildman–Crippen MR) is 160 cm³/mol. The van der Waals surface area contributed by atoms with Gasteiger partial charge in [0.1, 0.15) is 11.9 Å². The van der Waals surface area contributed by atoms with Gasteiger partial charge in [-0.3, -0.25) is 0 Å². The Balaban J connectivity index is 1.37. The van der Waals surface area contributed by atoms with Crippen molar-refractivity contribution in [2.75, 3.05) is 6.61 Å². The predicted octanol–water partition coefficient (Wildman–Crippen LogP) is 10.3. The van der Waals surface area contributed by atoms with Crippen LogP contribution in [0.5, 0.6) is 5.75 Å². The lowest BCUT2D eigenvalue weighted by atomic mass is 9.83. The van der Waals surface area contributed by atoms with E-state index in [1.165, 1.54) is 37.7 Å². The van der Waals surface area contributed by atoms with Crippen molar-refractivity contribution in [3.63, 3.8) is 0 Å². The molecule has 0 saturated heterocycles. The summed E-state index contributed by atoms with van der Waals surface area (Å²) in [6, 6.07) is 14.8. The van der Waals surface area contributed by atoms with Gasteiger partial charge in [-0.1, -0.05) is 101 Å². The molecule has 2 aromatic carbocycles. The zero-order valence-corrected chi connectivity index (χ0v) is 24.8. The van der Waals surface area contributed by atoms with Gasteiger partial charge in [-0.25, -0.2) is 9.18 Å². The van der Waals surface area contributed by atoms with Crippen LogP contribution < -0.4 is 4.74 Å². The smallest absolute Gasteiger partial charge is 0.340 e. The van der Waals surface area contributed by atoms with Crippen molar-refractivity contribution in [2.45, 2.75) is 122 Å². The number of hydrogen-bond acceptors (Lipinski definition) is 3. The van der Waals surface area contributed by atoms with Crippen LogP contribution in [0.4, 0.5) is 4.39 Å². The number of rotatable bonds is 17. The number of hydrogen-bond donors (Lipinski definition) is 0. The number of ether oxygens (including phenoxy) is 2. The van der Waals surface area contributed by atoms with Crippen LogP contribution in [0.25, 0.3) is 11.1 Å². The van der Waals surface area contributed by atoms with Crippen molar-refractivity contribution in [3.05, 3.63) is 53.1 Å². The van der Waals surface area contributed by atoms with Gasteiger partial charge in [0.2, 0.25) is 0 Å². The molecule has 5 heteroatoms. The highest BCUT2D eigenvalue weighted by atomic mass is 35.5. The maximum Gasteiger partial charge on any atom is 0.340 e. The van der Waals surface area contributed by atoms with E-state index in [9.17, 15) is 9.18 Å². The quantitative estimate of drug-likeness (QED) is 0.143. The monoisotopic (exact) mass is 558 g/mol. The standard InChI is InChI=1S/C34H48ClFO3/c1-3-5-7-8-9-10-24-38-33-23-20-29(25-31(33)35)28-18-14-26(15-19-28)12-13-27-16-21-30(22-17-27)39-34(37)32(36)11-6-4-2/h14-15,18-20,23,25,27,30,32H,3-13,16-17,21-22,24H2,1-2H3/t27?,30?,32-/m0/s1. The summed E-state index contributed by atoms with van der Waals surface area (Å²) in [7, 11) is 0. The Bertz CT molecular complexity index is 969. The normalized spacial score (nSPS) is 18.1. The molecule has 39 heavy (non-hydrogen) atoms. The number of unbranched alkanes of at least 4 members (excludes halogenated alkanes) is 6. The summed E-state index contributed by atoms with van der Waals surface area (Å²) in [6.45, 7) is 4.94. The highest BCUT2D eigenvalue weighted by molar-refractivity contribution is 6.32. The number of benzene rings is 2.